The van der Waals surface area contributed by atoms with Crippen LogP contribution >= 0.6 is 0 Å². The molecule has 0 unspecified atom stereocenters. The Balaban J connectivity index is 2.00. The van der Waals surface area contributed by atoms with E-state index in [1.165, 1.54) is 30.3 Å². The molecular formula is C21H15F5N2O3S. The lowest BCUT2D eigenvalue weighted by Crippen LogP contribution is -2.38. The second-order valence-electron chi connectivity index (χ2n) is 6.55. The van der Waals surface area contributed by atoms with E-state index < -0.39 is 57.2 Å². The number of benzene rings is 3. The molecule has 0 fully saturated rings. The molecule has 0 aliphatic heterocycles. The summed E-state index contributed by atoms with van der Waals surface area (Å²) in [6, 6.07) is 12.6. The second-order valence-corrected chi connectivity index (χ2v) is 8.41. The highest BCUT2D eigenvalue weighted by atomic mass is 32.2. The van der Waals surface area contributed by atoms with Crippen LogP contribution in [0.15, 0.2) is 77.7 Å². The third-order valence-corrected chi connectivity index (χ3v) is 6.07. The number of rotatable bonds is 6. The summed E-state index contributed by atoms with van der Waals surface area (Å²) in [4.78, 5) is 12.2. The molecule has 5 nitrogen and oxygen atoms in total. The zero-order valence-corrected chi connectivity index (χ0v) is 16.9. The number of nitrogens with zero attached hydrogens (tertiary/aromatic N) is 1. The average molecular weight is 470 g/mol. The topological polar surface area (TPSA) is 66.5 Å². The third-order valence-electron chi connectivity index (χ3n) is 4.29. The van der Waals surface area contributed by atoms with Gasteiger partial charge in [-0.1, -0.05) is 24.3 Å². The molecule has 168 valence electrons. The van der Waals surface area contributed by atoms with Crippen molar-refractivity contribution in [3.8, 4) is 0 Å². The van der Waals surface area contributed by atoms with Crippen LogP contribution in [0.4, 0.5) is 33.3 Å². The highest BCUT2D eigenvalue weighted by molar-refractivity contribution is 7.92. The summed E-state index contributed by atoms with van der Waals surface area (Å²) >= 11 is 0. The molecule has 0 radical (unpaired) electrons. The molecule has 11 heteroatoms. The van der Waals surface area contributed by atoms with Gasteiger partial charge in [0.15, 0.2) is 0 Å². The molecule has 3 aromatic rings. The highest BCUT2D eigenvalue weighted by Gasteiger charge is 2.33. The number of anilines is 2. The van der Waals surface area contributed by atoms with Gasteiger partial charge in [-0.15, -0.1) is 0 Å². The maximum Gasteiger partial charge on any atom is 0.416 e. The molecule has 3 rings (SSSR count). The lowest BCUT2D eigenvalue weighted by molar-refractivity contribution is -0.137. The first-order valence-electron chi connectivity index (χ1n) is 8.98. The van der Waals surface area contributed by atoms with Crippen molar-refractivity contribution < 1.29 is 35.2 Å². The fourth-order valence-electron chi connectivity index (χ4n) is 2.78. The van der Waals surface area contributed by atoms with E-state index in [9.17, 15) is 35.2 Å². The van der Waals surface area contributed by atoms with E-state index in [4.69, 9.17) is 0 Å². The zero-order chi connectivity index (χ0) is 23.5. The minimum absolute atomic E-state index is 0.266. The van der Waals surface area contributed by atoms with Gasteiger partial charge in [0.25, 0.3) is 10.0 Å². The molecule has 0 saturated carbocycles. The summed E-state index contributed by atoms with van der Waals surface area (Å²) in [6.45, 7) is -0.963. The Morgan fingerprint density at radius 1 is 0.906 bits per heavy atom. The number of halogens is 5. The van der Waals surface area contributed by atoms with Gasteiger partial charge in [0.05, 0.1) is 21.8 Å². The van der Waals surface area contributed by atoms with Gasteiger partial charge < -0.3 is 5.32 Å². The molecule has 0 saturated heterocycles. The monoisotopic (exact) mass is 470 g/mol. The van der Waals surface area contributed by atoms with Crippen LogP contribution in [0.3, 0.4) is 0 Å². The van der Waals surface area contributed by atoms with Crippen molar-refractivity contribution in [1.82, 2.24) is 0 Å². The van der Waals surface area contributed by atoms with E-state index in [-0.39, 0.29) is 4.90 Å². The molecule has 0 bridgehead atoms. The summed E-state index contributed by atoms with van der Waals surface area (Å²) in [5.74, 6) is -3.04. The molecule has 1 N–H and O–H groups in total. The molecule has 3 aromatic carbocycles. The van der Waals surface area contributed by atoms with Gasteiger partial charge in [-0.05, 0) is 42.5 Å². The van der Waals surface area contributed by atoms with E-state index in [1.54, 1.807) is 0 Å². The van der Waals surface area contributed by atoms with Crippen molar-refractivity contribution in [1.29, 1.82) is 0 Å². The number of amides is 1. The van der Waals surface area contributed by atoms with Gasteiger partial charge in [0.1, 0.15) is 18.2 Å². The SMILES string of the molecule is O=C(CN(c1cccc(C(F)(F)F)c1)S(=O)(=O)c1ccccc1)Nc1ccc(F)cc1F. The first-order valence-corrected chi connectivity index (χ1v) is 10.4. The number of carbonyl (C=O) groups is 1. The first-order chi connectivity index (χ1) is 15.0. The van der Waals surface area contributed by atoms with Crippen molar-refractivity contribution >= 4 is 27.3 Å². The van der Waals surface area contributed by atoms with Crippen molar-refractivity contribution in [2.45, 2.75) is 11.1 Å². The molecule has 0 atom stereocenters. The first kappa shape index (κ1) is 23.2. The Morgan fingerprint density at radius 3 is 2.22 bits per heavy atom. The summed E-state index contributed by atoms with van der Waals surface area (Å²) in [6.07, 6.45) is -4.75. The molecule has 0 aliphatic rings. The summed E-state index contributed by atoms with van der Waals surface area (Å²) in [7, 11) is -4.47. The summed E-state index contributed by atoms with van der Waals surface area (Å²) < 4.78 is 93.1. The van der Waals surface area contributed by atoms with Gasteiger partial charge in [0, 0.05) is 6.07 Å². The zero-order valence-electron chi connectivity index (χ0n) is 16.1. The second kappa shape index (κ2) is 8.95. The fourth-order valence-corrected chi connectivity index (χ4v) is 4.22. The maximum absolute atomic E-state index is 13.8. The Hall–Kier alpha value is -3.47. The quantitative estimate of drug-likeness (QED) is 0.526. The normalized spacial score (nSPS) is 11.8. The Kier molecular flexibility index (Phi) is 6.49. The number of sulfonamides is 1. The number of hydrogen-bond donors (Lipinski definition) is 1. The van der Waals surface area contributed by atoms with Crippen LogP contribution in [0.5, 0.6) is 0 Å². The van der Waals surface area contributed by atoms with Gasteiger partial charge in [-0.2, -0.15) is 13.2 Å². The standard InChI is InChI=1S/C21H15F5N2O3S/c22-15-9-10-19(18(23)12-15)27-20(29)13-28(32(30,31)17-7-2-1-3-8-17)16-6-4-5-14(11-16)21(24,25)26/h1-12H,13H2,(H,27,29). The smallest absolute Gasteiger partial charge is 0.322 e. The van der Waals surface area contributed by atoms with Crippen molar-refractivity contribution in [3.05, 3.63) is 90.0 Å². The molecule has 0 heterocycles. The van der Waals surface area contributed by atoms with Crippen LogP contribution in [-0.4, -0.2) is 20.9 Å². The predicted molar refractivity (Wildman–Crippen MR) is 107 cm³/mol. The molecule has 0 spiro atoms. The molecule has 1 amide bonds. The Morgan fingerprint density at radius 2 is 1.59 bits per heavy atom. The maximum atomic E-state index is 13.8. The van der Waals surface area contributed by atoms with E-state index in [2.05, 4.69) is 5.32 Å². The van der Waals surface area contributed by atoms with E-state index in [1.807, 2.05) is 0 Å². The third kappa shape index (κ3) is 5.22. The van der Waals surface area contributed by atoms with Gasteiger partial charge in [-0.25, -0.2) is 17.2 Å². The summed E-state index contributed by atoms with van der Waals surface area (Å²) in [5, 5.41) is 2.10. The average Bonchev–Trinajstić information content (AvgIpc) is 2.74. The van der Waals surface area contributed by atoms with Crippen LogP contribution in [0.2, 0.25) is 0 Å². The minimum Gasteiger partial charge on any atom is -0.322 e. The van der Waals surface area contributed by atoms with Gasteiger partial charge in [-0.3, -0.25) is 9.10 Å². The fraction of sp³-hybridized carbons (Fsp3) is 0.0952. The van der Waals surface area contributed by atoms with E-state index >= 15 is 0 Å². The van der Waals surface area contributed by atoms with Crippen molar-refractivity contribution in [2.24, 2.45) is 0 Å². The largest absolute Gasteiger partial charge is 0.416 e. The van der Waals surface area contributed by atoms with Crippen LogP contribution in [0.1, 0.15) is 5.56 Å². The van der Waals surface area contributed by atoms with Crippen molar-refractivity contribution in [3.63, 3.8) is 0 Å². The molecule has 32 heavy (non-hydrogen) atoms. The van der Waals surface area contributed by atoms with E-state index in [0.29, 0.717) is 16.4 Å². The van der Waals surface area contributed by atoms with Crippen LogP contribution in [0.25, 0.3) is 0 Å². The van der Waals surface area contributed by atoms with Gasteiger partial charge >= 0.3 is 6.18 Å². The molecular weight excluding hydrogens is 455 g/mol. The number of nitrogens with one attached hydrogen (secondary N) is 1. The number of alkyl halides is 3. The van der Waals surface area contributed by atoms with Crippen LogP contribution in [-0.2, 0) is 21.0 Å². The molecule has 0 aliphatic carbocycles. The van der Waals surface area contributed by atoms with Gasteiger partial charge in [0.2, 0.25) is 5.91 Å². The predicted octanol–water partition coefficient (Wildman–Crippen LogP) is 4.82. The van der Waals surface area contributed by atoms with Crippen LogP contribution in [0, 0.1) is 11.6 Å². The number of hydrogen-bond acceptors (Lipinski definition) is 3. The minimum atomic E-state index is -4.75. The Labute approximate surface area is 180 Å². The summed E-state index contributed by atoms with van der Waals surface area (Å²) in [5.41, 5.74) is -1.95. The van der Waals surface area contributed by atoms with Crippen molar-refractivity contribution in [2.75, 3.05) is 16.2 Å². The lowest BCUT2D eigenvalue weighted by Gasteiger charge is -2.25. The Bertz CT molecular complexity index is 1230. The highest BCUT2D eigenvalue weighted by Crippen LogP contribution is 2.33. The van der Waals surface area contributed by atoms with E-state index in [0.717, 1.165) is 30.3 Å². The van der Waals surface area contributed by atoms with Crippen LogP contribution < -0.4 is 9.62 Å². The number of carbonyl (C=O) groups excluding carboxylic acids is 1. The lowest BCUT2D eigenvalue weighted by atomic mass is 10.2. The molecule has 0 aromatic heterocycles.